The maximum Gasteiger partial charge on any atom is 0.416 e. The molecule has 1 saturated carbocycles. The van der Waals surface area contributed by atoms with Crippen LogP contribution < -0.4 is 5.73 Å². The topological polar surface area (TPSA) is 26.0 Å². The third-order valence-corrected chi connectivity index (χ3v) is 4.11. The van der Waals surface area contributed by atoms with Crippen molar-refractivity contribution in [2.75, 3.05) is 6.54 Å². The van der Waals surface area contributed by atoms with Crippen LogP contribution in [0.25, 0.3) is 11.1 Å². The van der Waals surface area contributed by atoms with Gasteiger partial charge in [-0.2, -0.15) is 13.2 Å². The smallest absolute Gasteiger partial charge is 0.330 e. The molecule has 2 aromatic rings. The van der Waals surface area contributed by atoms with Crippen molar-refractivity contribution in [3.8, 4) is 11.1 Å². The molecule has 2 atom stereocenters. The number of nitrogens with two attached hydrogens (primary N) is 1. The lowest BCUT2D eigenvalue weighted by atomic mass is 10.0. The minimum Gasteiger partial charge on any atom is -0.330 e. The van der Waals surface area contributed by atoms with Crippen molar-refractivity contribution in [2.45, 2.75) is 18.5 Å². The average molecular weight is 328 g/mol. The maximum atomic E-state index is 12.5. The van der Waals surface area contributed by atoms with Crippen molar-refractivity contribution in [2.24, 2.45) is 11.7 Å². The van der Waals surface area contributed by atoms with Crippen LogP contribution in [-0.2, 0) is 6.18 Å². The average Bonchev–Trinajstić information content (AvgIpc) is 3.26. The van der Waals surface area contributed by atoms with Crippen molar-refractivity contribution in [3.05, 3.63) is 59.7 Å². The van der Waals surface area contributed by atoms with Gasteiger partial charge in [-0.3, -0.25) is 0 Å². The molecule has 0 heterocycles. The summed E-state index contributed by atoms with van der Waals surface area (Å²) in [6.07, 6.45) is -3.15. The van der Waals surface area contributed by atoms with E-state index < -0.39 is 11.7 Å². The standard InChI is InChI=1S/C17H16F3N.ClH/c18-17(19,20)15-7-5-12(6-8-15)11-1-3-13(4-2-11)16-9-14(16)10-21;/h1-8,14,16H,9-10,21H2;1H. The Morgan fingerprint density at radius 2 is 1.41 bits per heavy atom. The minimum atomic E-state index is -4.29. The Labute approximate surface area is 133 Å². The summed E-state index contributed by atoms with van der Waals surface area (Å²) in [5.41, 5.74) is 8.01. The van der Waals surface area contributed by atoms with Crippen molar-refractivity contribution < 1.29 is 13.2 Å². The van der Waals surface area contributed by atoms with E-state index >= 15 is 0 Å². The summed E-state index contributed by atoms with van der Waals surface area (Å²) in [5, 5.41) is 0. The van der Waals surface area contributed by atoms with Crippen molar-refractivity contribution in [1.82, 2.24) is 0 Å². The molecule has 1 nitrogen and oxygen atoms in total. The van der Waals surface area contributed by atoms with E-state index in [9.17, 15) is 13.2 Å². The summed E-state index contributed by atoms with van der Waals surface area (Å²) in [4.78, 5) is 0. The lowest BCUT2D eigenvalue weighted by Crippen LogP contribution is -2.04. The van der Waals surface area contributed by atoms with Gasteiger partial charge in [0.1, 0.15) is 0 Å². The number of rotatable bonds is 3. The molecule has 118 valence electrons. The van der Waals surface area contributed by atoms with Crippen LogP contribution in [0.3, 0.4) is 0 Å². The molecule has 0 aromatic heterocycles. The van der Waals surface area contributed by atoms with Crippen LogP contribution in [0.5, 0.6) is 0 Å². The van der Waals surface area contributed by atoms with Gasteiger partial charge in [-0.25, -0.2) is 0 Å². The third kappa shape index (κ3) is 3.45. The molecule has 0 amide bonds. The monoisotopic (exact) mass is 327 g/mol. The first-order valence-corrected chi connectivity index (χ1v) is 6.96. The van der Waals surface area contributed by atoms with Gasteiger partial charge >= 0.3 is 6.18 Å². The van der Waals surface area contributed by atoms with Gasteiger partial charge in [0, 0.05) is 0 Å². The van der Waals surface area contributed by atoms with Crippen LogP contribution in [0, 0.1) is 5.92 Å². The molecule has 3 rings (SSSR count). The third-order valence-electron chi connectivity index (χ3n) is 4.11. The van der Waals surface area contributed by atoms with E-state index in [1.807, 2.05) is 24.3 Å². The normalized spacial score (nSPS) is 20.4. The van der Waals surface area contributed by atoms with E-state index in [2.05, 4.69) is 0 Å². The van der Waals surface area contributed by atoms with Crippen LogP contribution in [0.4, 0.5) is 13.2 Å². The molecule has 2 N–H and O–H groups in total. The molecule has 0 aliphatic heterocycles. The number of halogens is 4. The second-order valence-corrected chi connectivity index (χ2v) is 5.54. The molecule has 22 heavy (non-hydrogen) atoms. The van der Waals surface area contributed by atoms with E-state index in [-0.39, 0.29) is 12.4 Å². The Morgan fingerprint density at radius 1 is 0.909 bits per heavy atom. The summed E-state index contributed by atoms with van der Waals surface area (Å²) >= 11 is 0. The van der Waals surface area contributed by atoms with Gasteiger partial charge < -0.3 is 5.73 Å². The Bertz CT molecular complexity index is 620. The van der Waals surface area contributed by atoms with Gasteiger partial charge in [-0.1, -0.05) is 36.4 Å². The highest BCUT2D eigenvalue weighted by molar-refractivity contribution is 5.85. The van der Waals surface area contributed by atoms with Gasteiger partial charge in [0.25, 0.3) is 0 Å². The van der Waals surface area contributed by atoms with Crippen molar-refractivity contribution >= 4 is 12.4 Å². The summed E-state index contributed by atoms with van der Waals surface area (Å²) in [6, 6.07) is 13.3. The predicted octanol–water partition coefficient (Wildman–Crippen LogP) is 4.86. The lowest BCUT2D eigenvalue weighted by molar-refractivity contribution is -0.137. The SMILES string of the molecule is Cl.NCC1CC1c1ccc(-c2ccc(C(F)(F)F)cc2)cc1. The lowest BCUT2D eigenvalue weighted by Gasteiger charge is -2.08. The molecule has 0 bridgehead atoms. The van der Waals surface area contributed by atoms with E-state index in [4.69, 9.17) is 5.73 Å². The molecule has 0 saturated heterocycles. The van der Waals surface area contributed by atoms with Crippen molar-refractivity contribution in [3.63, 3.8) is 0 Å². The number of hydrogen-bond acceptors (Lipinski definition) is 1. The fraction of sp³-hybridized carbons (Fsp3) is 0.294. The molecule has 1 aliphatic carbocycles. The largest absolute Gasteiger partial charge is 0.416 e. The Morgan fingerprint density at radius 3 is 1.82 bits per heavy atom. The molecule has 1 fully saturated rings. The zero-order valence-electron chi connectivity index (χ0n) is 11.8. The number of alkyl halides is 3. The number of hydrogen-bond donors (Lipinski definition) is 1. The fourth-order valence-electron chi connectivity index (χ4n) is 2.69. The fourth-order valence-corrected chi connectivity index (χ4v) is 2.69. The van der Waals surface area contributed by atoms with Crippen LogP contribution in [0.15, 0.2) is 48.5 Å². The molecular formula is C17H17ClF3N. The molecule has 0 spiro atoms. The first-order valence-electron chi connectivity index (χ1n) is 6.96. The molecular weight excluding hydrogens is 311 g/mol. The highest BCUT2D eigenvalue weighted by Crippen LogP contribution is 2.46. The molecule has 2 aromatic carbocycles. The van der Waals surface area contributed by atoms with Gasteiger partial charge in [-0.15, -0.1) is 12.4 Å². The highest BCUT2D eigenvalue weighted by atomic mass is 35.5. The molecule has 1 aliphatic rings. The Kier molecular flexibility index (Phi) is 4.83. The molecule has 5 heteroatoms. The van der Waals surface area contributed by atoms with E-state index in [0.29, 0.717) is 18.4 Å². The first-order chi connectivity index (χ1) is 9.99. The van der Waals surface area contributed by atoms with Gasteiger partial charge in [0.05, 0.1) is 5.56 Å². The number of benzene rings is 2. The summed E-state index contributed by atoms with van der Waals surface area (Å²) in [6.45, 7) is 0.714. The Balaban J connectivity index is 0.00000176. The van der Waals surface area contributed by atoms with Gasteiger partial charge in [0.2, 0.25) is 0 Å². The zero-order valence-corrected chi connectivity index (χ0v) is 12.6. The van der Waals surface area contributed by atoms with Crippen LogP contribution >= 0.6 is 12.4 Å². The van der Waals surface area contributed by atoms with E-state index in [1.165, 1.54) is 17.7 Å². The zero-order chi connectivity index (χ0) is 15.0. The predicted molar refractivity (Wildman–Crippen MR) is 84.0 cm³/mol. The van der Waals surface area contributed by atoms with Crippen LogP contribution in [0.1, 0.15) is 23.5 Å². The maximum absolute atomic E-state index is 12.5. The summed E-state index contributed by atoms with van der Waals surface area (Å²) in [7, 11) is 0. The highest BCUT2D eigenvalue weighted by Gasteiger charge is 2.36. The molecule has 0 radical (unpaired) electrons. The van der Waals surface area contributed by atoms with Crippen LogP contribution in [0.2, 0.25) is 0 Å². The van der Waals surface area contributed by atoms with Gasteiger partial charge in [-0.05, 0) is 53.6 Å². The summed E-state index contributed by atoms with van der Waals surface area (Å²) in [5.74, 6) is 1.14. The molecule has 2 unspecified atom stereocenters. The first kappa shape index (κ1) is 16.8. The van der Waals surface area contributed by atoms with E-state index in [1.54, 1.807) is 0 Å². The quantitative estimate of drug-likeness (QED) is 0.856. The van der Waals surface area contributed by atoms with E-state index in [0.717, 1.165) is 29.7 Å². The second kappa shape index (κ2) is 6.31. The van der Waals surface area contributed by atoms with Crippen molar-refractivity contribution in [1.29, 1.82) is 0 Å². The second-order valence-electron chi connectivity index (χ2n) is 5.54. The Hall–Kier alpha value is -1.52. The van der Waals surface area contributed by atoms with Crippen LogP contribution in [-0.4, -0.2) is 6.54 Å². The summed E-state index contributed by atoms with van der Waals surface area (Å²) < 4.78 is 37.6. The minimum absolute atomic E-state index is 0. The van der Waals surface area contributed by atoms with Gasteiger partial charge in [0.15, 0.2) is 0 Å².